The summed E-state index contributed by atoms with van der Waals surface area (Å²) in [5.74, 6) is 0.291. The molecule has 14 aromatic rings. The van der Waals surface area contributed by atoms with Crippen molar-refractivity contribution in [2.75, 3.05) is 0 Å². The first-order valence-electron chi connectivity index (χ1n) is 24.6. The molecule has 0 unspecified atom stereocenters. The van der Waals surface area contributed by atoms with Gasteiger partial charge in [-0.2, -0.15) is 0 Å². The predicted octanol–water partition coefficient (Wildman–Crippen LogP) is 11.2. The average Bonchev–Trinajstić information content (AvgIpc) is 4.23. The largest absolute Gasteiger partial charge is 0.268 e. The van der Waals surface area contributed by atoms with E-state index in [9.17, 15) is 19.2 Å². The Balaban J connectivity index is 0.898. The highest BCUT2D eigenvalue weighted by atomic mass is 16.1. The molecule has 0 saturated carbocycles. The van der Waals surface area contributed by atoms with E-state index in [-0.39, 0.29) is 27.7 Å². The van der Waals surface area contributed by atoms with E-state index < -0.39 is 10.8 Å². The second kappa shape index (κ2) is 13.4. The highest BCUT2D eigenvalue weighted by molar-refractivity contribution is 6.13. The molecule has 0 bridgehead atoms. The first kappa shape index (κ1) is 41.8. The highest BCUT2D eigenvalue weighted by Gasteiger charge is 2.45. The van der Waals surface area contributed by atoms with Crippen LogP contribution in [0.15, 0.2) is 116 Å². The molecule has 0 fully saturated rings. The number of nitrogens with zero attached hydrogens (tertiary/aromatic N) is 8. The lowest BCUT2D eigenvalue weighted by Gasteiger charge is -2.47. The minimum atomic E-state index is -0.499. The van der Waals surface area contributed by atoms with E-state index in [1.54, 1.807) is 23.7 Å². The Morgan fingerprint density at radius 3 is 1.13 bits per heavy atom. The summed E-state index contributed by atoms with van der Waals surface area (Å²) in [4.78, 5) is 77.4. The summed E-state index contributed by atoms with van der Waals surface area (Å²) >= 11 is 0. The number of hydrogen-bond donors (Lipinski definition) is 0. The molecule has 0 aliphatic heterocycles. The third kappa shape index (κ3) is 5.09. The Morgan fingerprint density at radius 1 is 0.408 bits per heavy atom. The maximum atomic E-state index is 14.7. The Labute approximate surface area is 403 Å². The molecule has 12 nitrogen and oxygen atoms in total. The topological polar surface area (TPSA) is 137 Å². The molecule has 0 spiro atoms. The second-order valence-electron chi connectivity index (χ2n) is 21.9. The van der Waals surface area contributed by atoms with Crippen LogP contribution in [0.4, 0.5) is 0 Å². The van der Waals surface area contributed by atoms with Crippen molar-refractivity contribution in [3.05, 3.63) is 161 Å². The van der Waals surface area contributed by atoms with E-state index in [2.05, 4.69) is 105 Å². The molecule has 71 heavy (non-hydrogen) atoms. The third-order valence-corrected chi connectivity index (χ3v) is 16.9. The Kier molecular flexibility index (Phi) is 7.89. The Bertz CT molecular complexity index is 4930. The van der Waals surface area contributed by atoms with Crippen molar-refractivity contribution in [1.29, 1.82) is 0 Å². The van der Waals surface area contributed by atoms with Gasteiger partial charge >= 0.3 is 0 Å². The van der Waals surface area contributed by atoms with Crippen molar-refractivity contribution in [3.8, 4) is 0 Å². The first-order chi connectivity index (χ1) is 33.9. The summed E-state index contributed by atoms with van der Waals surface area (Å²) in [5.41, 5.74) is 10.6. The molecule has 0 amide bonds. The molecule has 0 aliphatic rings. The van der Waals surface area contributed by atoms with E-state index in [1.807, 2.05) is 48.5 Å². The molecular weight excluding hydrogens is 885 g/mol. The van der Waals surface area contributed by atoms with Crippen LogP contribution in [0.5, 0.6) is 0 Å². The lowest BCUT2D eigenvalue weighted by Crippen LogP contribution is -2.44. The number of rotatable bonds is 6. The van der Waals surface area contributed by atoms with Crippen molar-refractivity contribution in [2.24, 2.45) is 0 Å². The van der Waals surface area contributed by atoms with Crippen molar-refractivity contribution >= 4 is 110 Å². The summed E-state index contributed by atoms with van der Waals surface area (Å²) < 4.78 is 6.77. The van der Waals surface area contributed by atoms with Crippen LogP contribution < -0.4 is 22.2 Å². The van der Waals surface area contributed by atoms with Gasteiger partial charge in [0, 0.05) is 27.0 Å². The summed E-state index contributed by atoms with van der Waals surface area (Å²) in [6.45, 7) is 19.6. The lowest BCUT2D eigenvalue weighted by molar-refractivity contribution is 0.232. The van der Waals surface area contributed by atoms with Gasteiger partial charge in [-0.25, -0.2) is 19.9 Å². The number of aromatic nitrogens is 8. The summed E-state index contributed by atoms with van der Waals surface area (Å²) in [5, 5.41) is 4.58. The summed E-state index contributed by atoms with van der Waals surface area (Å²) in [7, 11) is 0. The SMILES string of the molecule is CCC(CC)(c1ccc2nc3c4cc5c(=O)n6c7cc(C(C)(C)C)ccc7nc6c5cc4c(=O)n3c2c1)C(C)(C)c1ccc2nc3c4cc5c(cc4c(=O)n3c2c1)c(=O)n1c2cc(C(C)C)ccc2nc51. The van der Waals surface area contributed by atoms with Crippen molar-refractivity contribution in [3.63, 3.8) is 0 Å². The zero-order valence-corrected chi connectivity index (χ0v) is 40.9. The highest BCUT2D eigenvalue weighted by Crippen LogP contribution is 2.50. The van der Waals surface area contributed by atoms with Gasteiger partial charge in [0.2, 0.25) is 0 Å². The Morgan fingerprint density at radius 2 is 0.732 bits per heavy atom. The zero-order chi connectivity index (χ0) is 49.1. The quantitative estimate of drug-likeness (QED) is 0.161. The fraction of sp³-hybridized carbons (Fsp3) is 0.254. The van der Waals surface area contributed by atoms with Gasteiger partial charge in [0.25, 0.3) is 22.2 Å². The van der Waals surface area contributed by atoms with Crippen LogP contribution in [-0.4, -0.2) is 37.5 Å². The van der Waals surface area contributed by atoms with Gasteiger partial charge in [0.1, 0.15) is 22.6 Å². The maximum absolute atomic E-state index is 14.7. The van der Waals surface area contributed by atoms with E-state index in [4.69, 9.17) is 19.9 Å². The fourth-order valence-electron chi connectivity index (χ4n) is 12.7. The van der Waals surface area contributed by atoms with Crippen LogP contribution in [-0.2, 0) is 16.2 Å². The lowest BCUT2D eigenvalue weighted by atomic mass is 9.56. The van der Waals surface area contributed by atoms with Gasteiger partial charge in [-0.1, -0.05) is 86.6 Å². The second-order valence-corrected chi connectivity index (χ2v) is 21.9. The van der Waals surface area contributed by atoms with Crippen LogP contribution in [0.1, 0.15) is 103 Å². The smallest absolute Gasteiger partial charge is 0.264 e. The number of fused-ring (bicyclic) bond motifs is 20. The van der Waals surface area contributed by atoms with Crippen LogP contribution in [0.2, 0.25) is 0 Å². The number of imidazole rings is 4. The number of benzene rings is 6. The molecule has 348 valence electrons. The van der Waals surface area contributed by atoms with Gasteiger partial charge in [-0.15, -0.1) is 0 Å². The van der Waals surface area contributed by atoms with Gasteiger partial charge in [-0.05, 0) is 125 Å². The molecule has 12 heteroatoms. The van der Waals surface area contributed by atoms with Gasteiger partial charge in [-0.3, -0.25) is 36.8 Å². The predicted molar refractivity (Wildman–Crippen MR) is 286 cm³/mol. The molecule has 0 aliphatic carbocycles. The number of hydrogen-bond acceptors (Lipinski definition) is 8. The van der Waals surface area contributed by atoms with Crippen molar-refractivity contribution in [2.45, 2.75) is 97.3 Å². The zero-order valence-electron chi connectivity index (χ0n) is 40.9. The molecular formula is C59H48N8O4. The molecule has 0 radical (unpaired) electrons. The van der Waals surface area contributed by atoms with E-state index >= 15 is 0 Å². The third-order valence-electron chi connectivity index (χ3n) is 16.9. The monoisotopic (exact) mass is 932 g/mol. The molecule has 0 saturated heterocycles. The van der Waals surface area contributed by atoms with Crippen LogP contribution in [0.25, 0.3) is 110 Å². The molecule has 14 rings (SSSR count). The average molecular weight is 933 g/mol. The van der Waals surface area contributed by atoms with E-state index in [0.717, 1.165) is 57.2 Å². The van der Waals surface area contributed by atoms with Crippen LogP contribution in [0.3, 0.4) is 0 Å². The van der Waals surface area contributed by atoms with Crippen LogP contribution >= 0.6 is 0 Å². The van der Waals surface area contributed by atoms with Gasteiger partial charge < -0.3 is 0 Å². The Hall–Kier alpha value is -8.12. The summed E-state index contributed by atoms with van der Waals surface area (Å²) in [6, 6.07) is 32.0. The molecule has 0 atom stereocenters. The van der Waals surface area contributed by atoms with Gasteiger partial charge in [0.05, 0.1) is 65.7 Å². The molecule has 6 aromatic carbocycles. The standard InChI is InChI=1S/C59H48N8O4/c1-10-59(11-2,32-15-19-44-48(23-32)67-52(63-44)36-26-37-35(25-38(36)54(67)69)51-61-42-17-13-30(57(5,6)7)21-46(42)65(51)53(37)68)58(8,9)31-14-18-43-47(22-31)66-50(62-43)34-24-33-39(27-40(34)56(66)71)55(70)64-45-20-29(28(3)4)12-16-41(45)60-49(33)64/h12-28H,10-11H2,1-9H3. The first-order valence-corrected chi connectivity index (χ1v) is 24.6. The van der Waals surface area contributed by atoms with Gasteiger partial charge in [0.15, 0.2) is 0 Å². The van der Waals surface area contributed by atoms with Crippen LogP contribution in [0, 0.1) is 0 Å². The molecule has 8 aromatic heterocycles. The summed E-state index contributed by atoms with van der Waals surface area (Å²) in [6.07, 6.45) is 1.56. The molecule has 8 heterocycles. The fourth-order valence-corrected chi connectivity index (χ4v) is 12.7. The van der Waals surface area contributed by atoms with Crippen molar-refractivity contribution < 1.29 is 0 Å². The minimum absolute atomic E-state index is 0.108. The minimum Gasteiger partial charge on any atom is -0.268 e. The molecule has 0 N–H and O–H groups in total. The maximum Gasteiger partial charge on any atom is 0.264 e. The van der Waals surface area contributed by atoms with Crippen molar-refractivity contribution in [1.82, 2.24) is 37.5 Å². The normalized spacial score (nSPS) is 13.6. The van der Waals surface area contributed by atoms with E-state index in [1.165, 1.54) is 0 Å². The van der Waals surface area contributed by atoms with E-state index in [0.29, 0.717) is 93.7 Å².